The number of aryl methyl sites for hydroxylation is 1. The van der Waals surface area contributed by atoms with Gasteiger partial charge in [0.05, 0.1) is 18.5 Å². The zero-order chi connectivity index (χ0) is 23.7. The van der Waals surface area contributed by atoms with Crippen molar-refractivity contribution in [1.29, 1.82) is 0 Å². The first-order valence-electron chi connectivity index (χ1n) is 11.6. The van der Waals surface area contributed by atoms with Gasteiger partial charge in [-0.05, 0) is 61.3 Å². The number of amides is 2. The molecule has 2 aliphatic heterocycles. The van der Waals surface area contributed by atoms with Crippen LogP contribution in [0.5, 0.6) is 5.75 Å². The Bertz CT molecular complexity index is 1190. The van der Waals surface area contributed by atoms with E-state index in [2.05, 4.69) is 44.3 Å². The lowest BCUT2D eigenvalue weighted by Gasteiger charge is -2.35. The average molecular weight is 459 g/mol. The molecule has 0 unspecified atom stereocenters. The van der Waals surface area contributed by atoms with Gasteiger partial charge in [0.2, 0.25) is 0 Å². The van der Waals surface area contributed by atoms with Crippen molar-refractivity contribution >= 4 is 23.1 Å². The number of nitrogens with one attached hydrogen (secondary N) is 1. The first-order valence-corrected chi connectivity index (χ1v) is 11.6. The van der Waals surface area contributed by atoms with Crippen LogP contribution in [0.15, 0.2) is 49.1 Å². The van der Waals surface area contributed by atoms with E-state index in [0.29, 0.717) is 6.54 Å². The predicted octanol–water partition coefficient (Wildman–Crippen LogP) is 3.81. The Morgan fingerprint density at radius 1 is 1.00 bits per heavy atom. The summed E-state index contributed by atoms with van der Waals surface area (Å²) in [7, 11) is 3.86. The van der Waals surface area contributed by atoms with Crippen molar-refractivity contribution in [1.82, 2.24) is 14.9 Å². The van der Waals surface area contributed by atoms with Crippen LogP contribution in [0.3, 0.4) is 0 Å². The van der Waals surface area contributed by atoms with Crippen LogP contribution in [0.1, 0.15) is 11.1 Å². The highest BCUT2D eigenvalue weighted by molar-refractivity contribution is 6.04. The maximum Gasteiger partial charge on any atom is 0.326 e. The molecule has 2 aliphatic rings. The lowest BCUT2D eigenvalue weighted by atomic mass is 10.0. The van der Waals surface area contributed by atoms with Gasteiger partial charge in [0, 0.05) is 56.4 Å². The molecule has 34 heavy (non-hydrogen) atoms. The maximum absolute atomic E-state index is 13.3. The molecule has 0 bridgehead atoms. The lowest BCUT2D eigenvalue weighted by Crippen LogP contribution is -2.44. The Morgan fingerprint density at radius 3 is 2.47 bits per heavy atom. The number of fused-ring (bicyclic) bond motifs is 1. The summed E-state index contributed by atoms with van der Waals surface area (Å²) in [6.45, 7) is 6.57. The highest BCUT2D eigenvalue weighted by atomic mass is 16.5. The van der Waals surface area contributed by atoms with Crippen molar-refractivity contribution in [3.63, 3.8) is 0 Å². The molecule has 1 aromatic heterocycles. The van der Waals surface area contributed by atoms with E-state index in [1.807, 2.05) is 30.0 Å². The largest absolute Gasteiger partial charge is 0.495 e. The third kappa shape index (κ3) is 4.28. The molecule has 2 aromatic carbocycles. The Hall–Kier alpha value is -3.65. The topological polar surface area (TPSA) is 73.8 Å². The van der Waals surface area contributed by atoms with Gasteiger partial charge < -0.3 is 19.9 Å². The molecule has 0 spiro atoms. The normalized spacial score (nSPS) is 15.9. The number of benzene rings is 2. The van der Waals surface area contributed by atoms with Gasteiger partial charge in [0.25, 0.3) is 0 Å². The fourth-order valence-corrected chi connectivity index (χ4v) is 4.77. The molecule has 3 heterocycles. The number of hydrogen-bond donors (Lipinski definition) is 1. The van der Waals surface area contributed by atoms with Crippen LogP contribution in [0.4, 0.5) is 21.9 Å². The molecule has 0 radical (unpaired) electrons. The molecule has 176 valence electrons. The second-order valence-corrected chi connectivity index (χ2v) is 8.93. The summed E-state index contributed by atoms with van der Waals surface area (Å²) >= 11 is 0. The Balaban J connectivity index is 1.36. The predicted molar refractivity (Wildman–Crippen MR) is 135 cm³/mol. The van der Waals surface area contributed by atoms with E-state index in [-0.39, 0.29) is 6.03 Å². The molecule has 8 heteroatoms. The van der Waals surface area contributed by atoms with Crippen LogP contribution in [0, 0.1) is 6.92 Å². The molecule has 5 rings (SSSR count). The fraction of sp³-hybridized carbons (Fsp3) is 0.346. The number of piperazine rings is 1. The van der Waals surface area contributed by atoms with Crippen molar-refractivity contribution in [2.75, 3.05) is 62.0 Å². The number of rotatable bonds is 4. The zero-order valence-electron chi connectivity index (χ0n) is 19.9. The molecule has 8 nitrogen and oxygen atoms in total. The first-order chi connectivity index (χ1) is 16.5. The highest BCUT2D eigenvalue weighted by Gasteiger charge is 2.28. The van der Waals surface area contributed by atoms with Gasteiger partial charge in [-0.3, -0.25) is 4.90 Å². The minimum atomic E-state index is -0.122. The van der Waals surface area contributed by atoms with Crippen molar-refractivity contribution in [2.45, 2.75) is 13.3 Å². The van der Waals surface area contributed by atoms with Gasteiger partial charge in [0.15, 0.2) is 0 Å². The Kier molecular flexibility index (Phi) is 6.06. The third-order valence-corrected chi connectivity index (χ3v) is 6.71. The fourth-order valence-electron chi connectivity index (χ4n) is 4.77. The SMILES string of the molecule is COc1cc2c(cc1N1CCN(C)CC1)N(C(=O)Nc1ccc(-c3cncnc3)c(C)c1)CC2. The number of likely N-dealkylation sites (N-methyl/N-ethyl adjacent to an activating group) is 1. The number of methoxy groups -OCH3 is 1. The number of carbonyl (C=O) groups excluding carboxylic acids is 1. The summed E-state index contributed by atoms with van der Waals surface area (Å²) in [5.74, 6) is 0.877. The van der Waals surface area contributed by atoms with Crippen molar-refractivity contribution < 1.29 is 9.53 Å². The molecular formula is C26H30N6O2. The van der Waals surface area contributed by atoms with Crippen molar-refractivity contribution in [3.05, 3.63) is 60.2 Å². The molecule has 0 atom stereocenters. The van der Waals surface area contributed by atoms with Gasteiger partial charge in [-0.25, -0.2) is 14.8 Å². The summed E-state index contributed by atoms with van der Waals surface area (Å²) in [5.41, 5.74) is 6.98. The second kappa shape index (κ2) is 9.30. The second-order valence-electron chi connectivity index (χ2n) is 8.93. The van der Waals surface area contributed by atoms with E-state index < -0.39 is 0 Å². The summed E-state index contributed by atoms with van der Waals surface area (Å²) < 4.78 is 5.72. The van der Waals surface area contributed by atoms with E-state index in [9.17, 15) is 4.79 Å². The van der Waals surface area contributed by atoms with Crippen LogP contribution in [-0.2, 0) is 6.42 Å². The van der Waals surface area contributed by atoms with Gasteiger partial charge in [-0.2, -0.15) is 0 Å². The molecular weight excluding hydrogens is 428 g/mol. The molecule has 2 amide bonds. The van der Waals surface area contributed by atoms with E-state index in [0.717, 1.165) is 77.7 Å². The van der Waals surface area contributed by atoms with Crippen molar-refractivity contribution in [3.8, 4) is 16.9 Å². The number of carbonyl (C=O) groups is 1. The van der Waals surface area contributed by atoms with Gasteiger partial charge in [0.1, 0.15) is 12.1 Å². The summed E-state index contributed by atoms with van der Waals surface area (Å²) in [6, 6.07) is 10.0. The monoisotopic (exact) mass is 458 g/mol. The molecule has 1 fully saturated rings. The maximum atomic E-state index is 13.3. The Morgan fingerprint density at radius 2 is 1.76 bits per heavy atom. The van der Waals surface area contributed by atoms with Crippen LogP contribution in [0.2, 0.25) is 0 Å². The molecule has 3 aromatic rings. The van der Waals surface area contributed by atoms with Crippen molar-refractivity contribution in [2.24, 2.45) is 0 Å². The number of ether oxygens (including phenoxy) is 1. The lowest BCUT2D eigenvalue weighted by molar-refractivity contribution is 0.257. The first kappa shape index (κ1) is 22.2. The minimum Gasteiger partial charge on any atom is -0.495 e. The number of nitrogens with zero attached hydrogens (tertiary/aromatic N) is 5. The number of aromatic nitrogens is 2. The molecule has 1 saturated heterocycles. The summed E-state index contributed by atoms with van der Waals surface area (Å²) in [5, 5.41) is 3.08. The standard InChI is InChI=1S/C26H30N6O2/c1-18-12-21(4-5-22(18)20-15-27-17-28-16-20)29-26(33)32-7-6-19-13-25(34-3)24(14-23(19)32)31-10-8-30(2)9-11-31/h4-5,12-17H,6-11H2,1-3H3,(H,29,33). The minimum absolute atomic E-state index is 0.122. The highest BCUT2D eigenvalue weighted by Crippen LogP contribution is 2.40. The molecule has 1 N–H and O–H groups in total. The van der Waals surface area contributed by atoms with Crippen LogP contribution < -0.4 is 19.9 Å². The van der Waals surface area contributed by atoms with Crippen LogP contribution >= 0.6 is 0 Å². The average Bonchev–Trinajstić information content (AvgIpc) is 3.27. The Labute approximate surface area is 200 Å². The van der Waals surface area contributed by atoms with E-state index in [1.54, 1.807) is 19.5 Å². The van der Waals surface area contributed by atoms with Crippen LogP contribution in [-0.4, -0.2) is 67.8 Å². The van der Waals surface area contributed by atoms with Crippen LogP contribution in [0.25, 0.3) is 11.1 Å². The van der Waals surface area contributed by atoms with Gasteiger partial charge in [-0.15, -0.1) is 0 Å². The summed E-state index contributed by atoms with van der Waals surface area (Å²) in [4.78, 5) is 28.0. The summed E-state index contributed by atoms with van der Waals surface area (Å²) in [6.07, 6.45) is 5.92. The van der Waals surface area contributed by atoms with E-state index in [4.69, 9.17) is 4.74 Å². The van der Waals surface area contributed by atoms with E-state index in [1.165, 1.54) is 6.33 Å². The number of anilines is 3. The number of urea groups is 1. The van der Waals surface area contributed by atoms with E-state index >= 15 is 0 Å². The molecule has 0 aliphatic carbocycles. The van der Waals surface area contributed by atoms with Gasteiger partial charge in [-0.1, -0.05) is 6.07 Å². The quantitative estimate of drug-likeness (QED) is 0.641. The van der Waals surface area contributed by atoms with Gasteiger partial charge >= 0.3 is 6.03 Å². The third-order valence-electron chi connectivity index (χ3n) is 6.71. The smallest absolute Gasteiger partial charge is 0.326 e. The zero-order valence-corrected chi connectivity index (χ0v) is 19.9. The molecule has 0 saturated carbocycles. The number of hydrogen-bond acceptors (Lipinski definition) is 6.